The number of ether oxygens (including phenoxy) is 2. The Morgan fingerprint density at radius 1 is 1.40 bits per heavy atom. The molecule has 0 unspecified atom stereocenters. The zero-order valence-electron chi connectivity index (χ0n) is 14.2. The number of fused-ring (bicyclic) bond motifs is 1. The molecule has 9 nitrogen and oxygen atoms in total. The lowest BCUT2D eigenvalue weighted by Gasteiger charge is -2.26. The van der Waals surface area contributed by atoms with Crippen LogP contribution in [0.25, 0.3) is 11.0 Å². The van der Waals surface area contributed by atoms with Crippen LogP contribution in [-0.4, -0.2) is 70.2 Å². The fourth-order valence-corrected chi connectivity index (χ4v) is 2.95. The Morgan fingerprint density at radius 3 is 2.88 bits per heavy atom. The summed E-state index contributed by atoms with van der Waals surface area (Å²) in [4.78, 5) is 28.7. The van der Waals surface area contributed by atoms with Crippen molar-refractivity contribution in [1.29, 1.82) is 0 Å². The summed E-state index contributed by atoms with van der Waals surface area (Å²) in [5, 5.41) is 14.6. The first-order valence-electron chi connectivity index (χ1n) is 8.40. The number of aryl methyl sites for hydroxylation is 1. The summed E-state index contributed by atoms with van der Waals surface area (Å²) in [6.45, 7) is 6.53. The highest BCUT2D eigenvalue weighted by atomic mass is 16.5. The van der Waals surface area contributed by atoms with E-state index in [1.165, 1.54) is 0 Å². The molecular formula is C16H22N4O5. The van der Waals surface area contributed by atoms with Gasteiger partial charge in [-0.05, 0) is 13.3 Å². The first-order chi connectivity index (χ1) is 12.1. The van der Waals surface area contributed by atoms with E-state index >= 15 is 0 Å². The van der Waals surface area contributed by atoms with Crippen LogP contribution in [0.15, 0.2) is 10.9 Å². The molecular weight excluding hydrogens is 328 g/mol. The molecule has 0 spiro atoms. The van der Waals surface area contributed by atoms with Gasteiger partial charge in [-0.25, -0.2) is 9.48 Å². The smallest absolute Gasteiger partial charge is 0.359 e. The second-order valence-corrected chi connectivity index (χ2v) is 5.84. The van der Waals surface area contributed by atoms with Gasteiger partial charge in [0.1, 0.15) is 11.4 Å². The number of nitrogens with one attached hydrogen (secondary N) is 1. The molecule has 2 N–H and O–H groups in total. The van der Waals surface area contributed by atoms with E-state index in [0.29, 0.717) is 12.2 Å². The number of aromatic nitrogens is 3. The van der Waals surface area contributed by atoms with Gasteiger partial charge in [-0.2, -0.15) is 5.10 Å². The van der Waals surface area contributed by atoms with Gasteiger partial charge in [0.05, 0.1) is 25.2 Å². The third-order valence-electron chi connectivity index (χ3n) is 4.13. The maximum Gasteiger partial charge on any atom is 0.359 e. The van der Waals surface area contributed by atoms with Gasteiger partial charge in [-0.3, -0.25) is 9.69 Å². The standard InChI is InChI=1S/C16H22N4O5/c1-2-25-16(23)14-13-11(21)10-12(22)17-15(13)20(18-14)5-3-4-19-6-8-24-9-7-19/h10H,2-9H2,1H3,(H2,17,21,22). The Labute approximate surface area is 144 Å². The molecule has 2 aromatic heterocycles. The monoisotopic (exact) mass is 350 g/mol. The highest BCUT2D eigenvalue weighted by Gasteiger charge is 2.22. The van der Waals surface area contributed by atoms with Gasteiger partial charge in [0.25, 0.3) is 5.56 Å². The Balaban J connectivity index is 1.83. The molecule has 1 aliphatic rings. The van der Waals surface area contributed by atoms with Crippen molar-refractivity contribution in [3.05, 3.63) is 22.1 Å². The maximum atomic E-state index is 12.1. The maximum absolute atomic E-state index is 12.1. The Kier molecular flexibility index (Phi) is 5.34. The van der Waals surface area contributed by atoms with Gasteiger partial charge < -0.3 is 19.6 Å². The van der Waals surface area contributed by atoms with E-state index in [9.17, 15) is 14.7 Å². The fourth-order valence-electron chi connectivity index (χ4n) is 2.95. The summed E-state index contributed by atoms with van der Waals surface area (Å²) in [6, 6.07) is 1.03. The summed E-state index contributed by atoms with van der Waals surface area (Å²) in [5.41, 5.74) is -0.109. The molecule has 0 aliphatic carbocycles. The van der Waals surface area contributed by atoms with Crippen LogP contribution >= 0.6 is 0 Å². The van der Waals surface area contributed by atoms with Crippen LogP contribution in [0.4, 0.5) is 0 Å². The molecule has 1 saturated heterocycles. The van der Waals surface area contributed by atoms with Crippen LogP contribution in [-0.2, 0) is 16.0 Å². The predicted octanol–water partition coefficient (Wildman–Crippen LogP) is 0.329. The molecule has 3 heterocycles. The summed E-state index contributed by atoms with van der Waals surface area (Å²) >= 11 is 0. The number of aromatic hydroxyl groups is 1. The van der Waals surface area contributed by atoms with E-state index in [0.717, 1.165) is 45.3 Å². The topological polar surface area (TPSA) is 110 Å². The van der Waals surface area contributed by atoms with Gasteiger partial charge in [0.15, 0.2) is 5.69 Å². The molecule has 0 aromatic carbocycles. The van der Waals surface area contributed by atoms with Crippen LogP contribution in [0.1, 0.15) is 23.8 Å². The van der Waals surface area contributed by atoms with Crippen LogP contribution < -0.4 is 5.56 Å². The van der Waals surface area contributed by atoms with Gasteiger partial charge in [0.2, 0.25) is 0 Å². The Bertz CT molecular complexity index is 807. The lowest BCUT2D eigenvalue weighted by molar-refractivity contribution is 0.0368. The minimum atomic E-state index is -0.623. The molecule has 1 aliphatic heterocycles. The number of rotatable bonds is 6. The van der Waals surface area contributed by atoms with Crippen LogP contribution in [0.2, 0.25) is 0 Å². The van der Waals surface area contributed by atoms with Crippen molar-refractivity contribution in [2.24, 2.45) is 0 Å². The van der Waals surface area contributed by atoms with E-state index in [-0.39, 0.29) is 23.4 Å². The van der Waals surface area contributed by atoms with Crippen LogP contribution in [0, 0.1) is 0 Å². The molecule has 0 amide bonds. The van der Waals surface area contributed by atoms with Gasteiger partial charge in [0, 0.05) is 32.2 Å². The zero-order chi connectivity index (χ0) is 17.8. The molecule has 1 fully saturated rings. The average Bonchev–Trinajstić information content (AvgIpc) is 2.95. The van der Waals surface area contributed by atoms with Gasteiger partial charge in [-0.15, -0.1) is 0 Å². The minimum absolute atomic E-state index is 0.0111. The number of aromatic amines is 1. The first-order valence-corrected chi connectivity index (χ1v) is 8.40. The van der Waals surface area contributed by atoms with Crippen molar-refractivity contribution < 1.29 is 19.4 Å². The minimum Gasteiger partial charge on any atom is -0.507 e. The molecule has 2 aromatic rings. The zero-order valence-corrected chi connectivity index (χ0v) is 14.2. The van der Waals surface area contributed by atoms with Crippen LogP contribution in [0.3, 0.4) is 0 Å². The quantitative estimate of drug-likeness (QED) is 0.723. The molecule has 136 valence electrons. The van der Waals surface area contributed by atoms with Crippen molar-refractivity contribution in [1.82, 2.24) is 19.7 Å². The van der Waals surface area contributed by atoms with E-state index in [4.69, 9.17) is 9.47 Å². The highest BCUT2D eigenvalue weighted by Crippen LogP contribution is 2.25. The average molecular weight is 350 g/mol. The number of esters is 1. The summed E-state index contributed by atoms with van der Waals surface area (Å²) in [7, 11) is 0. The van der Waals surface area contributed by atoms with E-state index < -0.39 is 11.5 Å². The molecule has 0 saturated carbocycles. The summed E-state index contributed by atoms with van der Waals surface area (Å²) in [6.07, 6.45) is 0.788. The van der Waals surface area contributed by atoms with Gasteiger partial charge in [-0.1, -0.05) is 0 Å². The number of H-pyrrole nitrogens is 1. The van der Waals surface area contributed by atoms with Crippen molar-refractivity contribution in [3.8, 4) is 5.75 Å². The normalized spacial score (nSPS) is 15.6. The fraction of sp³-hybridized carbons (Fsp3) is 0.562. The predicted molar refractivity (Wildman–Crippen MR) is 89.9 cm³/mol. The third-order valence-corrected chi connectivity index (χ3v) is 4.13. The van der Waals surface area contributed by atoms with E-state index in [2.05, 4.69) is 15.0 Å². The Morgan fingerprint density at radius 2 is 2.16 bits per heavy atom. The highest BCUT2D eigenvalue weighted by molar-refractivity contribution is 6.03. The first kappa shape index (κ1) is 17.4. The SMILES string of the molecule is CCOC(=O)c1nn(CCCN2CCOCC2)c2[nH]c(=O)cc(O)c12. The van der Waals surface area contributed by atoms with Crippen molar-refractivity contribution in [3.63, 3.8) is 0 Å². The number of hydrogen-bond acceptors (Lipinski definition) is 7. The van der Waals surface area contributed by atoms with Crippen LogP contribution in [0.5, 0.6) is 5.75 Å². The number of hydrogen-bond donors (Lipinski definition) is 2. The molecule has 3 rings (SSSR count). The van der Waals surface area contributed by atoms with E-state index in [1.54, 1.807) is 11.6 Å². The van der Waals surface area contributed by atoms with Crippen molar-refractivity contribution in [2.45, 2.75) is 19.9 Å². The second-order valence-electron chi connectivity index (χ2n) is 5.84. The number of pyridine rings is 1. The van der Waals surface area contributed by atoms with Gasteiger partial charge >= 0.3 is 5.97 Å². The molecule has 9 heteroatoms. The number of carbonyl (C=O) groups excluding carboxylic acids is 1. The second kappa shape index (κ2) is 7.66. The number of carbonyl (C=O) groups is 1. The third kappa shape index (κ3) is 3.83. The summed E-state index contributed by atoms with van der Waals surface area (Å²) < 4.78 is 11.9. The molecule has 0 atom stereocenters. The molecule has 0 bridgehead atoms. The number of nitrogens with zero attached hydrogens (tertiary/aromatic N) is 3. The number of morpholine rings is 1. The molecule has 0 radical (unpaired) electrons. The van der Waals surface area contributed by atoms with Crippen molar-refractivity contribution in [2.75, 3.05) is 39.5 Å². The lowest BCUT2D eigenvalue weighted by atomic mass is 10.2. The molecule has 25 heavy (non-hydrogen) atoms. The van der Waals surface area contributed by atoms with Crippen molar-refractivity contribution >= 4 is 17.0 Å². The largest absolute Gasteiger partial charge is 0.507 e. The Hall–Kier alpha value is -2.39. The summed E-state index contributed by atoms with van der Waals surface area (Å²) in [5.74, 6) is -0.900. The van der Waals surface area contributed by atoms with E-state index in [1.807, 2.05) is 0 Å². The lowest BCUT2D eigenvalue weighted by Crippen LogP contribution is -2.37.